The predicted molar refractivity (Wildman–Crippen MR) is 80.2 cm³/mol. The molecule has 3 aromatic rings. The largest absolute Gasteiger partial charge is 0.478 e. The van der Waals surface area contributed by atoms with Crippen LogP contribution in [0.4, 0.5) is 0 Å². The molecule has 0 bridgehead atoms. The third-order valence-electron chi connectivity index (χ3n) is 3.02. The first kappa shape index (κ1) is 13.4. The summed E-state index contributed by atoms with van der Waals surface area (Å²) in [6.45, 7) is 0. The van der Waals surface area contributed by atoms with Crippen LogP contribution in [-0.2, 0) is 0 Å². The average Bonchev–Trinajstić information content (AvgIpc) is 2.49. The highest BCUT2D eigenvalue weighted by Crippen LogP contribution is 2.30. The van der Waals surface area contributed by atoms with Crippen LogP contribution < -0.4 is 4.74 Å². The van der Waals surface area contributed by atoms with Crippen LogP contribution in [0.2, 0.25) is 5.02 Å². The minimum atomic E-state index is -1.02. The number of halogens is 1. The summed E-state index contributed by atoms with van der Waals surface area (Å²) in [5.41, 5.74) is 0.147. The average molecular weight is 300 g/mol. The van der Waals surface area contributed by atoms with Crippen molar-refractivity contribution in [1.29, 1.82) is 0 Å². The maximum Gasteiger partial charge on any atom is 0.337 e. The summed E-state index contributed by atoms with van der Waals surface area (Å²) >= 11 is 5.83. The van der Waals surface area contributed by atoms with Crippen molar-refractivity contribution in [2.24, 2.45) is 0 Å². The van der Waals surface area contributed by atoms with Crippen LogP contribution in [0.1, 0.15) is 10.4 Å². The molecule has 0 atom stereocenters. The number of carbonyl (C=O) groups is 1. The molecule has 0 amide bonds. The first-order valence-electron chi connectivity index (χ1n) is 6.19. The molecule has 0 aliphatic heterocycles. The Kier molecular flexibility index (Phi) is 3.46. The number of carboxylic acids is 1. The zero-order valence-corrected chi connectivity index (χ0v) is 11.5. The molecule has 0 saturated heterocycles. The van der Waals surface area contributed by atoms with Crippen molar-refractivity contribution in [1.82, 2.24) is 4.98 Å². The van der Waals surface area contributed by atoms with E-state index < -0.39 is 5.97 Å². The smallest absolute Gasteiger partial charge is 0.337 e. The monoisotopic (exact) mass is 299 g/mol. The number of aromatic carboxylic acids is 1. The van der Waals surface area contributed by atoms with E-state index in [1.807, 2.05) is 6.07 Å². The number of ether oxygens (including phenoxy) is 1. The van der Waals surface area contributed by atoms with Gasteiger partial charge in [-0.05, 0) is 30.3 Å². The van der Waals surface area contributed by atoms with Gasteiger partial charge in [0.15, 0.2) is 0 Å². The van der Waals surface area contributed by atoms with Gasteiger partial charge in [-0.15, -0.1) is 0 Å². The summed E-state index contributed by atoms with van der Waals surface area (Å²) in [5, 5.41) is 11.0. The minimum Gasteiger partial charge on any atom is -0.478 e. The van der Waals surface area contributed by atoms with Crippen LogP contribution >= 0.6 is 11.6 Å². The normalized spacial score (nSPS) is 10.5. The highest BCUT2D eigenvalue weighted by Gasteiger charge is 2.13. The molecule has 104 valence electrons. The second-order valence-electron chi connectivity index (χ2n) is 4.38. The van der Waals surface area contributed by atoms with Gasteiger partial charge < -0.3 is 9.84 Å². The zero-order valence-electron chi connectivity index (χ0n) is 10.8. The summed E-state index contributed by atoms with van der Waals surface area (Å²) in [4.78, 5) is 15.3. The molecule has 1 heterocycles. The number of fused-ring (bicyclic) bond motifs is 1. The topological polar surface area (TPSA) is 59.4 Å². The maximum atomic E-state index is 11.2. The number of carboxylic acid groups (broad SMARTS) is 1. The number of nitrogens with zero attached hydrogens (tertiary/aromatic N) is 1. The maximum absolute atomic E-state index is 11.2. The Balaban J connectivity index is 2.09. The summed E-state index contributed by atoms with van der Waals surface area (Å²) in [6, 6.07) is 14.0. The molecule has 3 rings (SSSR count). The molecule has 5 heteroatoms. The lowest BCUT2D eigenvalue weighted by atomic mass is 10.1. The molecule has 0 unspecified atom stereocenters. The van der Waals surface area contributed by atoms with E-state index in [2.05, 4.69) is 4.98 Å². The standard InChI is InChI=1S/C16H10ClNO3/c17-10-5-7-11(8-6-10)21-15-13-4-2-1-3-12(13)14(9-18-15)16(19)20/h1-9H,(H,19,20). The highest BCUT2D eigenvalue weighted by molar-refractivity contribution is 6.30. The SMILES string of the molecule is O=C(O)c1cnc(Oc2ccc(Cl)cc2)c2ccccc12. The third-order valence-corrected chi connectivity index (χ3v) is 3.27. The van der Waals surface area contributed by atoms with Crippen LogP contribution in [0.5, 0.6) is 11.6 Å². The van der Waals surface area contributed by atoms with Crippen molar-refractivity contribution in [3.05, 3.63) is 65.3 Å². The van der Waals surface area contributed by atoms with Crippen LogP contribution in [0.15, 0.2) is 54.7 Å². The van der Waals surface area contributed by atoms with E-state index in [1.54, 1.807) is 42.5 Å². The van der Waals surface area contributed by atoms with E-state index in [0.29, 0.717) is 27.4 Å². The summed E-state index contributed by atoms with van der Waals surface area (Å²) < 4.78 is 5.72. The first-order chi connectivity index (χ1) is 10.1. The van der Waals surface area contributed by atoms with E-state index in [4.69, 9.17) is 16.3 Å². The van der Waals surface area contributed by atoms with Gasteiger partial charge in [-0.25, -0.2) is 9.78 Å². The van der Waals surface area contributed by atoms with E-state index in [-0.39, 0.29) is 5.56 Å². The van der Waals surface area contributed by atoms with Gasteiger partial charge in [0.1, 0.15) is 5.75 Å². The molecular formula is C16H10ClNO3. The number of hydrogen-bond donors (Lipinski definition) is 1. The van der Waals surface area contributed by atoms with Crippen LogP contribution in [0, 0.1) is 0 Å². The van der Waals surface area contributed by atoms with Crippen molar-refractivity contribution >= 4 is 28.3 Å². The van der Waals surface area contributed by atoms with Gasteiger partial charge in [-0.2, -0.15) is 0 Å². The molecule has 4 nitrogen and oxygen atoms in total. The fourth-order valence-electron chi connectivity index (χ4n) is 2.03. The number of rotatable bonds is 3. The van der Waals surface area contributed by atoms with Crippen molar-refractivity contribution in [3.63, 3.8) is 0 Å². The van der Waals surface area contributed by atoms with Gasteiger partial charge >= 0.3 is 5.97 Å². The lowest BCUT2D eigenvalue weighted by molar-refractivity contribution is 0.0698. The number of aromatic nitrogens is 1. The van der Waals surface area contributed by atoms with Crippen molar-refractivity contribution < 1.29 is 14.6 Å². The van der Waals surface area contributed by atoms with Gasteiger partial charge in [0.05, 0.1) is 5.56 Å². The van der Waals surface area contributed by atoms with Crippen molar-refractivity contribution in [3.8, 4) is 11.6 Å². The molecule has 21 heavy (non-hydrogen) atoms. The Bertz CT molecular complexity index is 815. The minimum absolute atomic E-state index is 0.147. The first-order valence-corrected chi connectivity index (χ1v) is 6.57. The molecule has 0 aliphatic carbocycles. The summed E-state index contributed by atoms with van der Waals surface area (Å²) in [6.07, 6.45) is 1.30. The molecule has 2 aromatic carbocycles. The lowest BCUT2D eigenvalue weighted by Crippen LogP contribution is -2.00. The van der Waals surface area contributed by atoms with Crippen LogP contribution in [-0.4, -0.2) is 16.1 Å². The van der Waals surface area contributed by atoms with E-state index >= 15 is 0 Å². The van der Waals surface area contributed by atoms with Crippen molar-refractivity contribution in [2.75, 3.05) is 0 Å². The van der Waals surface area contributed by atoms with Gasteiger partial charge in [-0.3, -0.25) is 0 Å². The quantitative estimate of drug-likeness (QED) is 0.779. The Morgan fingerprint density at radius 3 is 2.38 bits per heavy atom. The Labute approximate surface area is 125 Å². The van der Waals surface area contributed by atoms with E-state index in [0.717, 1.165) is 0 Å². The summed E-state index contributed by atoms with van der Waals surface area (Å²) in [5.74, 6) is -0.0743. The number of benzene rings is 2. The van der Waals surface area contributed by atoms with Gasteiger partial charge in [0, 0.05) is 22.0 Å². The number of pyridine rings is 1. The number of hydrogen-bond acceptors (Lipinski definition) is 3. The second kappa shape index (κ2) is 5.42. The lowest BCUT2D eigenvalue weighted by Gasteiger charge is -2.09. The predicted octanol–water partition coefficient (Wildman–Crippen LogP) is 4.38. The molecule has 0 fully saturated rings. The van der Waals surface area contributed by atoms with E-state index in [1.165, 1.54) is 6.20 Å². The molecule has 1 N–H and O–H groups in total. The highest BCUT2D eigenvalue weighted by atomic mass is 35.5. The van der Waals surface area contributed by atoms with Crippen LogP contribution in [0.25, 0.3) is 10.8 Å². The van der Waals surface area contributed by atoms with Crippen molar-refractivity contribution in [2.45, 2.75) is 0 Å². The molecule has 1 aromatic heterocycles. The van der Waals surface area contributed by atoms with Gasteiger partial charge in [0.25, 0.3) is 0 Å². The molecule has 0 saturated carbocycles. The fraction of sp³-hybridized carbons (Fsp3) is 0. The second-order valence-corrected chi connectivity index (χ2v) is 4.82. The Morgan fingerprint density at radius 1 is 1.05 bits per heavy atom. The fourth-order valence-corrected chi connectivity index (χ4v) is 2.16. The molecular weight excluding hydrogens is 290 g/mol. The Morgan fingerprint density at radius 2 is 1.71 bits per heavy atom. The third kappa shape index (κ3) is 2.66. The zero-order chi connectivity index (χ0) is 14.8. The van der Waals surface area contributed by atoms with Gasteiger partial charge in [-0.1, -0.05) is 29.8 Å². The molecule has 0 radical (unpaired) electrons. The Hall–Kier alpha value is -2.59. The molecule has 0 spiro atoms. The summed E-state index contributed by atoms with van der Waals surface area (Å²) in [7, 11) is 0. The van der Waals surface area contributed by atoms with E-state index in [9.17, 15) is 9.90 Å². The molecule has 0 aliphatic rings. The van der Waals surface area contributed by atoms with Gasteiger partial charge in [0.2, 0.25) is 5.88 Å². The van der Waals surface area contributed by atoms with Crippen LogP contribution in [0.3, 0.4) is 0 Å².